The SMILES string of the molecule is Nc1cc2ccccc2c(=O)n1-c1cc(Cl)ccc1F. The molecule has 0 fully saturated rings. The van der Waals surface area contributed by atoms with E-state index in [1.165, 1.54) is 18.2 Å². The second-order valence-corrected chi connectivity index (χ2v) is 4.83. The maximum atomic E-state index is 13.9. The summed E-state index contributed by atoms with van der Waals surface area (Å²) >= 11 is 5.87. The molecule has 0 saturated carbocycles. The highest BCUT2D eigenvalue weighted by Crippen LogP contribution is 2.22. The number of nitrogens with two attached hydrogens (primary N) is 1. The van der Waals surface area contributed by atoms with Crippen LogP contribution in [0.3, 0.4) is 0 Å². The number of fused-ring (bicyclic) bond motifs is 1. The van der Waals surface area contributed by atoms with Gasteiger partial charge >= 0.3 is 0 Å². The smallest absolute Gasteiger partial charge is 0.264 e. The molecule has 5 heteroatoms. The number of benzene rings is 2. The summed E-state index contributed by atoms with van der Waals surface area (Å²) in [6.07, 6.45) is 0. The van der Waals surface area contributed by atoms with Crippen molar-refractivity contribution in [2.24, 2.45) is 0 Å². The predicted octanol–water partition coefficient (Wildman–Crippen LogP) is 3.37. The standard InChI is InChI=1S/C15H10ClFN2O/c16-10-5-6-12(17)13(8-10)19-14(18)7-9-3-1-2-4-11(9)15(19)20/h1-8H,18H2. The summed E-state index contributed by atoms with van der Waals surface area (Å²) in [5.74, 6) is -0.395. The summed E-state index contributed by atoms with van der Waals surface area (Å²) in [5, 5.41) is 1.52. The largest absolute Gasteiger partial charge is 0.385 e. The minimum atomic E-state index is -0.557. The fourth-order valence-corrected chi connectivity index (χ4v) is 2.35. The Kier molecular flexibility index (Phi) is 2.95. The molecule has 1 aromatic heterocycles. The fourth-order valence-electron chi connectivity index (χ4n) is 2.18. The topological polar surface area (TPSA) is 48.0 Å². The van der Waals surface area contributed by atoms with Gasteiger partial charge in [0.2, 0.25) is 0 Å². The number of nitrogen functional groups attached to an aromatic ring is 1. The molecule has 0 aliphatic carbocycles. The van der Waals surface area contributed by atoms with Crippen LogP contribution in [0.5, 0.6) is 0 Å². The number of halogens is 2. The molecule has 100 valence electrons. The van der Waals surface area contributed by atoms with Gasteiger partial charge < -0.3 is 5.73 Å². The minimum Gasteiger partial charge on any atom is -0.385 e. The lowest BCUT2D eigenvalue weighted by atomic mass is 10.1. The Hall–Kier alpha value is -2.33. The van der Waals surface area contributed by atoms with Gasteiger partial charge in [0.1, 0.15) is 11.6 Å². The Morgan fingerprint density at radius 2 is 1.85 bits per heavy atom. The molecule has 0 amide bonds. The molecular formula is C15H10ClFN2O. The highest BCUT2D eigenvalue weighted by molar-refractivity contribution is 6.30. The van der Waals surface area contributed by atoms with Crippen LogP contribution in [0.1, 0.15) is 0 Å². The van der Waals surface area contributed by atoms with E-state index >= 15 is 0 Å². The summed E-state index contributed by atoms with van der Waals surface area (Å²) in [7, 11) is 0. The van der Waals surface area contributed by atoms with Gasteiger partial charge in [0.25, 0.3) is 5.56 Å². The third kappa shape index (κ3) is 1.94. The lowest BCUT2D eigenvalue weighted by Crippen LogP contribution is -2.22. The Labute approximate surface area is 119 Å². The van der Waals surface area contributed by atoms with Crippen molar-refractivity contribution >= 4 is 28.2 Å². The first kappa shape index (κ1) is 12.7. The minimum absolute atomic E-state index is 0.0470. The van der Waals surface area contributed by atoms with Crippen LogP contribution >= 0.6 is 11.6 Å². The molecule has 3 aromatic rings. The van der Waals surface area contributed by atoms with Crippen LogP contribution in [0.4, 0.5) is 10.2 Å². The summed E-state index contributed by atoms with van der Waals surface area (Å²) in [6, 6.07) is 12.7. The Morgan fingerprint density at radius 1 is 1.10 bits per heavy atom. The summed E-state index contributed by atoms with van der Waals surface area (Å²) in [6.45, 7) is 0. The molecule has 0 saturated heterocycles. The second-order valence-electron chi connectivity index (χ2n) is 4.39. The molecule has 0 bridgehead atoms. The third-order valence-corrected chi connectivity index (χ3v) is 3.34. The highest BCUT2D eigenvalue weighted by atomic mass is 35.5. The van der Waals surface area contributed by atoms with Crippen LogP contribution < -0.4 is 11.3 Å². The van der Waals surface area contributed by atoms with Gasteiger partial charge in [-0.15, -0.1) is 0 Å². The zero-order valence-corrected chi connectivity index (χ0v) is 11.1. The van der Waals surface area contributed by atoms with Gasteiger partial charge in [0.05, 0.1) is 5.69 Å². The molecule has 3 nitrogen and oxygen atoms in total. The van der Waals surface area contributed by atoms with E-state index in [2.05, 4.69) is 0 Å². The van der Waals surface area contributed by atoms with Crippen molar-refractivity contribution in [3.8, 4) is 5.69 Å². The number of pyridine rings is 1. The maximum Gasteiger partial charge on any atom is 0.264 e. The van der Waals surface area contributed by atoms with Crippen molar-refractivity contribution in [1.29, 1.82) is 0 Å². The number of hydrogen-bond donors (Lipinski definition) is 1. The van der Waals surface area contributed by atoms with Gasteiger partial charge in [-0.3, -0.25) is 9.36 Å². The van der Waals surface area contributed by atoms with Crippen LogP contribution in [0.15, 0.2) is 53.3 Å². The fraction of sp³-hybridized carbons (Fsp3) is 0. The summed E-state index contributed by atoms with van der Waals surface area (Å²) in [5.41, 5.74) is 5.57. The molecule has 0 unspecified atom stereocenters. The van der Waals surface area contributed by atoms with Gasteiger partial charge in [-0.05, 0) is 35.7 Å². The third-order valence-electron chi connectivity index (χ3n) is 3.10. The first-order chi connectivity index (χ1) is 9.58. The van der Waals surface area contributed by atoms with Crippen molar-refractivity contribution in [1.82, 2.24) is 4.57 Å². The lowest BCUT2D eigenvalue weighted by molar-refractivity contribution is 0.617. The first-order valence-corrected chi connectivity index (χ1v) is 6.31. The monoisotopic (exact) mass is 288 g/mol. The normalized spacial score (nSPS) is 10.9. The van der Waals surface area contributed by atoms with Crippen molar-refractivity contribution in [3.05, 3.63) is 69.7 Å². The Balaban J connectivity index is 2.42. The number of rotatable bonds is 1. The molecule has 0 aliphatic heterocycles. The quantitative estimate of drug-likeness (QED) is 0.746. The van der Waals surface area contributed by atoms with Crippen LogP contribution in [-0.2, 0) is 0 Å². The van der Waals surface area contributed by atoms with E-state index in [4.69, 9.17) is 17.3 Å². The number of anilines is 1. The van der Waals surface area contributed by atoms with E-state index in [1.807, 2.05) is 6.07 Å². The molecule has 3 rings (SSSR count). The zero-order chi connectivity index (χ0) is 14.3. The van der Waals surface area contributed by atoms with E-state index in [1.54, 1.807) is 24.3 Å². The average molecular weight is 289 g/mol. The molecule has 20 heavy (non-hydrogen) atoms. The van der Waals surface area contributed by atoms with Crippen LogP contribution in [0.25, 0.3) is 16.5 Å². The number of nitrogens with zero attached hydrogens (tertiary/aromatic N) is 1. The number of aromatic nitrogens is 1. The molecular weight excluding hydrogens is 279 g/mol. The molecule has 1 heterocycles. The van der Waals surface area contributed by atoms with E-state index < -0.39 is 5.82 Å². The van der Waals surface area contributed by atoms with Crippen molar-refractivity contribution in [2.75, 3.05) is 5.73 Å². The molecule has 0 aliphatic rings. The Morgan fingerprint density at radius 3 is 2.65 bits per heavy atom. The van der Waals surface area contributed by atoms with E-state index in [9.17, 15) is 9.18 Å². The van der Waals surface area contributed by atoms with Crippen LogP contribution in [0, 0.1) is 5.82 Å². The van der Waals surface area contributed by atoms with Crippen molar-refractivity contribution < 1.29 is 4.39 Å². The van der Waals surface area contributed by atoms with Gasteiger partial charge in [0.15, 0.2) is 0 Å². The summed E-state index contributed by atoms with van der Waals surface area (Å²) < 4.78 is 15.1. The Bertz CT molecular complexity index is 873. The predicted molar refractivity (Wildman–Crippen MR) is 78.9 cm³/mol. The second kappa shape index (κ2) is 4.65. The molecule has 2 N–H and O–H groups in total. The van der Waals surface area contributed by atoms with Crippen molar-refractivity contribution in [3.63, 3.8) is 0 Å². The van der Waals surface area contributed by atoms with Crippen LogP contribution in [0.2, 0.25) is 5.02 Å². The van der Waals surface area contributed by atoms with Crippen LogP contribution in [-0.4, -0.2) is 4.57 Å². The average Bonchev–Trinajstić information content (AvgIpc) is 2.42. The molecule has 0 atom stereocenters. The van der Waals surface area contributed by atoms with Gasteiger partial charge in [-0.25, -0.2) is 4.39 Å². The van der Waals surface area contributed by atoms with E-state index in [0.717, 1.165) is 4.57 Å². The van der Waals surface area contributed by atoms with E-state index in [0.29, 0.717) is 15.8 Å². The van der Waals surface area contributed by atoms with E-state index in [-0.39, 0.29) is 17.1 Å². The molecule has 2 aromatic carbocycles. The zero-order valence-electron chi connectivity index (χ0n) is 10.3. The summed E-state index contributed by atoms with van der Waals surface area (Å²) in [4.78, 5) is 12.5. The van der Waals surface area contributed by atoms with Gasteiger partial charge in [0, 0.05) is 10.4 Å². The molecule has 0 spiro atoms. The van der Waals surface area contributed by atoms with Crippen molar-refractivity contribution in [2.45, 2.75) is 0 Å². The first-order valence-electron chi connectivity index (χ1n) is 5.93. The highest BCUT2D eigenvalue weighted by Gasteiger charge is 2.12. The lowest BCUT2D eigenvalue weighted by Gasteiger charge is -2.12. The van der Waals surface area contributed by atoms with Gasteiger partial charge in [-0.2, -0.15) is 0 Å². The molecule has 0 radical (unpaired) electrons. The van der Waals surface area contributed by atoms with Gasteiger partial charge in [-0.1, -0.05) is 29.8 Å². The number of hydrogen-bond acceptors (Lipinski definition) is 2. The maximum absolute atomic E-state index is 13.9.